The van der Waals surface area contributed by atoms with Crippen molar-refractivity contribution in [2.45, 2.75) is 0 Å². The van der Waals surface area contributed by atoms with E-state index in [2.05, 4.69) is 26.6 Å². The number of ether oxygens (including phenoxy) is 1. The van der Waals surface area contributed by atoms with Gasteiger partial charge in [-0.3, -0.25) is 19.7 Å². The number of imide groups is 2. The summed E-state index contributed by atoms with van der Waals surface area (Å²) in [6, 6.07) is 15.1. The maximum absolute atomic E-state index is 13.1. The SMILES string of the molecule is O=C(COc1ccc(Cl)cc1/C=C1\C(=O)NC(=O)N(c2ccc(Br)cc2)C1=O)Nc1ccc(F)cc1. The fourth-order valence-corrected chi connectivity index (χ4v) is 3.72. The van der Waals surface area contributed by atoms with E-state index in [0.29, 0.717) is 5.69 Å². The third kappa shape index (κ3) is 5.78. The summed E-state index contributed by atoms with van der Waals surface area (Å²) in [6.45, 7) is -0.418. The molecule has 182 valence electrons. The summed E-state index contributed by atoms with van der Waals surface area (Å²) >= 11 is 9.39. The Hall–Kier alpha value is -4.02. The molecule has 11 heteroatoms. The molecule has 0 radical (unpaired) electrons. The molecule has 1 heterocycles. The fourth-order valence-electron chi connectivity index (χ4n) is 3.27. The van der Waals surface area contributed by atoms with Crippen LogP contribution in [0, 0.1) is 5.82 Å². The first-order chi connectivity index (χ1) is 17.2. The molecule has 3 aromatic carbocycles. The highest BCUT2D eigenvalue weighted by Crippen LogP contribution is 2.28. The van der Waals surface area contributed by atoms with Crippen molar-refractivity contribution in [3.8, 4) is 5.75 Å². The Morgan fingerprint density at radius 3 is 2.44 bits per heavy atom. The number of hydrogen-bond donors (Lipinski definition) is 2. The van der Waals surface area contributed by atoms with Gasteiger partial charge in [-0.15, -0.1) is 0 Å². The lowest BCUT2D eigenvalue weighted by Crippen LogP contribution is -2.54. The van der Waals surface area contributed by atoms with E-state index in [1.165, 1.54) is 48.5 Å². The van der Waals surface area contributed by atoms with Crippen LogP contribution in [-0.4, -0.2) is 30.4 Å². The molecular weight excluding hydrogens is 557 g/mol. The van der Waals surface area contributed by atoms with E-state index in [0.717, 1.165) is 9.37 Å². The zero-order chi connectivity index (χ0) is 25.8. The van der Waals surface area contributed by atoms with Crippen molar-refractivity contribution in [2.24, 2.45) is 0 Å². The molecule has 0 spiro atoms. The molecule has 0 aliphatic carbocycles. The summed E-state index contributed by atoms with van der Waals surface area (Å²) in [5, 5.41) is 4.99. The Morgan fingerprint density at radius 2 is 1.75 bits per heavy atom. The number of nitrogens with zero attached hydrogens (tertiary/aromatic N) is 1. The molecule has 2 N–H and O–H groups in total. The van der Waals surface area contributed by atoms with E-state index in [4.69, 9.17) is 16.3 Å². The number of amides is 5. The number of barbiturate groups is 1. The molecule has 1 saturated heterocycles. The van der Waals surface area contributed by atoms with Gasteiger partial charge in [0, 0.05) is 20.7 Å². The summed E-state index contributed by atoms with van der Waals surface area (Å²) in [5.74, 6) is -2.53. The highest BCUT2D eigenvalue weighted by molar-refractivity contribution is 9.10. The summed E-state index contributed by atoms with van der Waals surface area (Å²) in [6.07, 6.45) is 1.23. The van der Waals surface area contributed by atoms with E-state index < -0.39 is 36.2 Å². The number of carbonyl (C=O) groups is 4. The second kappa shape index (κ2) is 10.7. The average Bonchev–Trinajstić information content (AvgIpc) is 2.84. The van der Waals surface area contributed by atoms with Gasteiger partial charge in [-0.25, -0.2) is 14.1 Å². The van der Waals surface area contributed by atoms with Crippen molar-refractivity contribution in [1.82, 2.24) is 5.32 Å². The van der Waals surface area contributed by atoms with Crippen molar-refractivity contribution in [2.75, 3.05) is 16.8 Å². The first-order valence-corrected chi connectivity index (χ1v) is 11.5. The number of anilines is 2. The van der Waals surface area contributed by atoms with Crippen LogP contribution in [0.5, 0.6) is 5.75 Å². The molecule has 4 rings (SSSR count). The molecule has 0 unspecified atom stereocenters. The quantitative estimate of drug-likeness (QED) is 0.322. The Balaban J connectivity index is 1.57. The number of halogens is 3. The third-order valence-corrected chi connectivity index (χ3v) is 5.71. The molecule has 0 aromatic heterocycles. The van der Waals surface area contributed by atoms with Crippen LogP contribution in [0.3, 0.4) is 0 Å². The van der Waals surface area contributed by atoms with Crippen LogP contribution in [0.1, 0.15) is 5.56 Å². The molecule has 0 saturated carbocycles. The van der Waals surface area contributed by atoms with E-state index in [1.807, 2.05) is 0 Å². The molecule has 1 aliphatic heterocycles. The van der Waals surface area contributed by atoms with Crippen LogP contribution in [0.4, 0.5) is 20.6 Å². The molecule has 3 aromatic rings. The zero-order valence-corrected chi connectivity index (χ0v) is 20.6. The van der Waals surface area contributed by atoms with Crippen LogP contribution < -0.4 is 20.3 Å². The lowest BCUT2D eigenvalue weighted by molar-refractivity contribution is -0.122. The summed E-state index contributed by atoms with van der Waals surface area (Å²) in [4.78, 5) is 51.1. The standard InChI is InChI=1S/C25H16BrClFN3O5/c26-15-1-8-19(9-2-15)31-24(34)20(23(33)30-25(31)35)12-14-11-16(27)3-10-21(14)36-13-22(32)29-18-6-4-17(28)5-7-18/h1-12H,13H2,(H,29,32)(H,30,33,35)/b20-12+. The van der Waals surface area contributed by atoms with Crippen LogP contribution in [0.25, 0.3) is 6.08 Å². The van der Waals surface area contributed by atoms with E-state index in [9.17, 15) is 23.6 Å². The Labute approximate surface area is 217 Å². The highest BCUT2D eigenvalue weighted by atomic mass is 79.9. The zero-order valence-electron chi connectivity index (χ0n) is 18.3. The molecule has 8 nitrogen and oxygen atoms in total. The lowest BCUT2D eigenvalue weighted by Gasteiger charge is -2.26. The summed E-state index contributed by atoms with van der Waals surface area (Å²) < 4.78 is 19.4. The van der Waals surface area contributed by atoms with Crippen molar-refractivity contribution in [3.63, 3.8) is 0 Å². The van der Waals surface area contributed by atoms with Gasteiger partial charge in [0.1, 0.15) is 17.1 Å². The number of nitrogens with one attached hydrogen (secondary N) is 2. The van der Waals surface area contributed by atoms with Crippen molar-refractivity contribution in [3.05, 3.63) is 93.2 Å². The van der Waals surface area contributed by atoms with Gasteiger partial charge in [0.05, 0.1) is 5.69 Å². The monoisotopic (exact) mass is 571 g/mol. The molecule has 5 amide bonds. The predicted octanol–water partition coefficient (Wildman–Crippen LogP) is 4.93. The third-order valence-electron chi connectivity index (χ3n) is 4.94. The minimum Gasteiger partial charge on any atom is -0.483 e. The van der Waals surface area contributed by atoms with E-state index in [-0.39, 0.29) is 27.6 Å². The Kier molecular flexibility index (Phi) is 7.47. The summed E-state index contributed by atoms with van der Waals surface area (Å²) in [7, 11) is 0. The van der Waals surface area contributed by atoms with Crippen LogP contribution in [0.15, 0.2) is 76.8 Å². The second-order valence-corrected chi connectivity index (χ2v) is 8.81. The maximum Gasteiger partial charge on any atom is 0.335 e. The number of hydrogen-bond acceptors (Lipinski definition) is 5. The topological polar surface area (TPSA) is 105 Å². The molecule has 0 bridgehead atoms. The van der Waals surface area contributed by atoms with E-state index in [1.54, 1.807) is 24.3 Å². The van der Waals surface area contributed by atoms with Gasteiger partial charge in [-0.2, -0.15) is 0 Å². The minimum absolute atomic E-state index is 0.161. The minimum atomic E-state index is -0.890. The number of benzene rings is 3. The number of carbonyl (C=O) groups excluding carboxylic acids is 4. The molecular formula is C25H16BrClFN3O5. The first-order valence-electron chi connectivity index (χ1n) is 10.4. The molecule has 1 aliphatic rings. The smallest absolute Gasteiger partial charge is 0.335 e. The van der Waals surface area contributed by atoms with Gasteiger partial charge < -0.3 is 10.1 Å². The highest BCUT2D eigenvalue weighted by Gasteiger charge is 2.37. The van der Waals surface area contributed by atoms with Gasteiger partial charge in [0.15, 0.2) is 6.61 Å². The van der Waals surface area contributed by atoms with Gasteiger partial charge in [0.2, 0.25) is 0 Å². The fraction of sp³-hybridized carbons (Fsp3) is 0.0400. The largest absolute Gasteiger partial charge is 0.483 e. The van der Waals surface area contributed by atoms with Crippen LogP contribution in [0.2, 0.25) is 5.02 Å². The van der Waals surface area contributed by atoms with Gasteiger partial charge in [-0.05, 0) is 72.8 Å². The summed E-state index contributed by atoms with van der Waals surface area (Å²) in [5.41, 5.74) is 0.547. The van der Waals surface area contributed by atoms with Crippen LogP contribution >= 0.6 is 27.5 Å². The van der Waals surface area contributed by atoms with Crippen molar-refractivity contribution < 1.29 is 28.3 Å². The second-order valence-electron chi connectivity index (χ2n) is 7.46. The van der Waals surface area contributed by atoms with Gasteiger partial charge in [0.25, 0.3) is 17.7 Å². The van der Waals surface area contributed by atoms with E-state index >= 15 is 0 Å². The van der Waals surface area contributed by atoms with Gasteiger partial charge in [-0.1, -0.05) is 27.5 Å². The average molecular weight is 573 g/mol. The Bertz CT molecular complexity index is 1390. The first kappa shape index (κ1) is 25.1. The maximum atomic E-state index is 13.1. The predicted molar refractivity (Wildman–Crippen MR) is 135 cm³/mol. The molecule has 1 fully saturated rings. The normalized spacial score (nSPS) is 14.6. The van der Waals surface area contributed by atoms with Gasteiger partial charge >= 0.3 is 6.03 Å². The lowest BCUT2D eigenvalue weighted by atomic mass is 10.1. The number of rotatable bonds is 6. The van der Waals surface area contributed by atoms with Crippen molar-refractivity contribution >= 4 is 68.7 Å². The number of urea groups is 1. The molecule has 0 atom stereocenters. The molecule has 36 heavy (non-hydrogen) atoms. The Morgan fingerprint density at radius 1 is 1.06 bits per heavy atom. The van der Waals surface area contributed by atoms with Crippen molar-refractivity contribution in [1.29, 1.82) is 0 Å². The van der Waals surface area contributed by atoms with Crippen LogP contribution in [-0.2, 0) is 14.4 Å².